The number of carbonyl (C=O) groups is 1. The van der Waals surface area contributed by atoms with Crippen LogP contribution in [0.2, 0.25) is 0 Å². The lowest BCUT2D eigenvalue weighted by atomic mass is 10.2. The molecule has 6 heteroatoms. The summed E-state index contributed by atoms with van der Waals surface area (Å²) < 4.78 is 36.1. The van der Waals surface area contributed by atoms with Crippen LogP contribution < -0.4 is 0 Å². The minimum absolute atomic E-state index is 0.284. The van der Waals surface area contributed by atoms with E-state index in [1.54, 1.807) is 0 Å². The van der Waals surface area contributed by atoms with Crippen LogP contribution >= 0.6 is 11.8 Å². The number of thioether (sulfide) groups is 1. The number of hydrogen-bond donors (Lipinski definition) is 1. The predicted molar refractivity (Wildman–Crippen MR) is 59.0 cm³/mol. The van der Waals surface area contributed by atoms with Crippen LogP contribution in [0.1, 0.15) is 19.4 Å². The second kappa shape index (κ2) is 4.60. The molecule has 0 radical (unpaired) electrons. The van der Waals surface area contributed by atoms with Gasteiger partial charge in [0.25, 0.3) is 0 Å². The first-order valence-electron chi connectivity index (χ1n) is 4.72. The van der Waals surface area contributed by atoms with Crippen molar-refractivity contribution < 1.29 is 23.1 Å². The van der Waals surface area contributed by atoms with E-state index in [4.69, 9.17) is 5.11 Å². The Hall–Kier alpha value is -1.17. The Balaban J connectivity index is 2.98. The number of benzene rings is 1. The van der Waals surface area contributed by atoms with Gasteiger partial charge in [-0.2, -0.15) is 13.2 Å². The average molecular weight is 264 g/mol. The lowest BCUT2D eigenvalue weighted by Gasteiger charge is -2.19. The maximum absolute atomic E-state index is 12.4. The number of carboxylic acids is 1. The van der Waals surface area contributed by atoms with Gasteiger partial charge in [-0.05, 0) is 32.0 Å². The summed E-state index contributed by atoms with van der Waals surface area (Å²) in [6.45, 7) is 2.89. The largest absolute Gasteiger partial charge is 0.480 e. The molecule has 0 fully saturated rings. The van der Waals surface area contributed by atoms with E-state index in [1.807, 2.05) is 0 Å². The molecule has 94 valence electrons. The van der Waals surface area contributed by atoms with Gasteiger partial charge in [0.2, 0.25) is 0 Å². The maximum Gasteiger partial charge on any atom is 0.416 e. The molecule has 0 aliphatic heterocycles. The van der Waals surface area contributed by atoms with Crippen molar-refractivity contribution in [3.63, 3.8) is 0 Å². The lowest BCUT2D eigenvalue weighted by Crippen LogP contribution is -2.26. The first-order valence-corrected chi connectivity index (χ1v) is 5.54. The van der Waals surface area contributed by atoms with Gasteiger partial charge >= 0.3 is 12.1 Å². The second-order valence-electron chi connectivity index (χ2n) is 3.94. The fraction of sp³-hybridized carbons (Fsp3) is 0.364. The van der Waals surface area contributed by atoms with Crippen LogP contribution in [0.25, 0.3) is 0 Å². The number of rotatable bonds is 3. The Morgan fingerprint density at radius 1 is 1.29 bits per heavy atom. The van der Waals surface area contributed by atoms with Crippen molar-refractivity contribution in [1.29, 1.82) is 0 Å². The third-order valence-corrected chi connectivity index (χ3v) is 3.22. The van der Waals surface area contributed by atoms with E-state index >= 15 is 0 Å². The van der Waals surface area contributed by atoms with Gasteiger partial charge in [0, 0.05) is 4.90 Å². The lowest BCUT2D eigenvalue weighted by molar-refractivity contribution is -0.139. The summed E-state index contributed by atoms with van der Waals surface area (Å²) in [5.41, 5.74) is -0.774. The molecule has 0 aliphatic rings. The Morgan fingerprint density at radius 3 is 2.35 bits per heavy atom. The normalized spacial score (nSPS) is 12.5. The summed E-state index contributed by atoms with van der Waals surface area (Å²) >= 11 is 0.885. The first-order chi connectivity index (χ1) is 7.63. The van der Waals surface area contributed by atoms with Crippen molar-refractivity contribution in [3.05, 3.63) is 29.8 Å². The molecule has 0 heterocycles. The van der Waals surface area contributed by atoms with E-state index in [2.05, 4.69) is 0 Å². The zero-order chi connectivity index (χ0) is 13.3. The summed E-state index contributed by atoms with van der Waals surface area (Å²) in [7, 11) is 0. The fourth-order valence-electron chi connectivity index (χ4n) is 1.07. The molecule has 1 aromatic rings. The topological polar surface area (TPSA) is 37.3 Å². The standard InChI is InChI=1S/C11H11F3O2S/c1-10(2,9(15)16)17-8-5-3-4-7(6-8)11(12,13)14/h3-6H,1-2H3,(H,15,16). The van der Waals surface area contributed by atoms with Crippen molar-refractivity contribution in [1.82, 2.24) is 0 Å². The van der Waals surface area contributed by atoms with Crippen molar-refractivity contribution >= 4 is 17.7 Å². The average Bonchev–Trinajstić information content (AvgIpc) is 2.15. The summed E-state index contributed by atoms with van der Waals surface area (Å²) in [5.74, 6) is -1.07. The van der Waals surface area contributed by atoms with Gasteiger partial charge < -0.3 is 5.11 Å². The number of aliphatic carboxylic acids is 1. The molecule has 1 aromatic carbocycles. The maximum atomic E-state index is 12.4. The zero-order valence-electron chi connectivity index (χ0n) is 9.21. The number of hydrogen-bond acceptors (Lipinski definition) is 2. The van der Waals surface area contributed by atoms with Gasteiger partial charge in [-0.15, -0.1) is 11.8 Å². The highest BCUT2D eigenvalue weighted by atomic mass is 32.2. The van der Waals surface area contributed by atoms with Crippen molar-refractivity contribution in [3.8, 4) is 0 Å². The minimum Gasteiger partial charge on any atom is -0.480 e. The van der Waals surface area contributed by atoms with Crippen molar-refractivity contribution in [2.45, 2.75) is 29.7 Å². The SMILES string of the molecule is CC(C)(Sc1cccc(C(F)(F)F)c1)C(=O)O. The van der Waals surface area contributed by atoms with E-state index in [9.17, 15) is 18.0 Å². The monoisotopic (exact) mass is 264 g/mol. The highest BCUT2D eigenvalue weighted by molar-refractivity contribution is 8.01. The molecule has 0 aliphatic carbocycles. The molecular formula is C11H11F3O2S. The number of halogens is 3. The first kappa shape index (κ1) is 13.9. The summed E-state index contributed by atoms with van der Waals surface area (Å²) in [5, 5.41) is 8.89. The molecule has 1 N–H and O–H groups in total. The molecule has 0 atom stereocenters. The molecule has 0 saturated carbocycles. The van der Waals surface area contributed by atoms with Crippen LogP contribution in [0.15, 0.2) is 29.2 Å². The van der Waals surface area contributed by atoms with Crippen LogP contribution in [0.3, 0.4) is 0 Å². The van der Waals surface area contributed by atoms with Gasteiger partial charge in [-0.3, -0.25) is 4.79 Å². The molecule has 0 spiro atoms. The molecule has 0 saturated heterocycles. The molecule has 17 heavy (non-hydrogen) atoms. The Kier molecular flexibility index (Phi) is 3.76. The second-order valence-corrected chi connectivity index (χ2v) is 5.64. The molecule has 2 nitrogen and oxygen atoms in total. The fourth-order valence-corrected chi connectivity index (χ4v) is 2.08. The zero-order valence-corrected chi connectivity index (χ0v) is 10.0. The number of carboxylic acid groups (broad SMARTS) is 1. The van der Waals surface area contributed by atoms with Crippen LogP contribution in [0, 0.1) is 0 Å². The highest BCUT2D eigenvalue weighted by Gasteiger charge is 2.32. The third-order valence-electron chi connectivity index (χ3n) is 2.05. The predicted octanol–water partition coefficient (Wildman–Crippen LogP) is 3.66. The van der Waals surface area contributed by atoms with Crippen LogP contribution in [-0.4, -0.2) is 15.8 Å². The van der Waals surface area contributed by atoms with E-state index in [0.717, 1.165) is 23.9 Å². The van der Waals surface area contributed by atoms with Crippen molar-refractivity contribution in [2.75, 3.05) is 0 Å². The smallest absolute Gasteiger partial charge is 0.416 e. The summed E-state index contributed by atoms with van der Waals surface area (Å²) in [6.07, 6.45) is -4.41. The Morgan fingerprint density at radius 2 is 1.88 bits per heavy atom. The van der Waals surface area contributed by atoms with Crippen LogP contribution in [0.4, 0.5) is 13.2 Å². The van der Waals surface area contributed by atoms with E-state index in [-0.39, 0.29) is 4.90 Å². The minimum atomic E-state index is -4.41. The number of alkyl halides is 3. The molecule has 0 unspecified atom stereocenters. The van der Waals surface area contributed by atoms with Crippen LogP contribution in [0.5, 0.6) is 0 Å². The summed E-state index contributed by atoms with van der Waals surface area (Å²) in [4.78, 5) is 11.1. The quantitative estimate of drug-likeness (QED) is 0.846. The molecule has 0 aromatic heterocycles. The Labute approximate surface area is 101 Å². The molecule has 0 amide bonds. The van der Waals surface area contributed by atoms with E-state index < -0.39 is 22.5 Å². The molecule has 0 bridgehead atoms. The van der Waals surface area contributed by atoms with Crippen LogP contribution in [-0.2, 0) is 11.0 Å². The van der Waals surface area contributed by atoms with Gasteiger partial charge in [-0.1, -0.05) is 6.07 Å². The molecule has 1 rings (SSSR count). The van der Waals surface area contributed by atoms with E-state index in [1.165, 1.54) is 26.0 Å². The van der Waals surface area contributed by atoms with Gasteiger partial charge in [0.05, 0.1) is 5.56 Å². The van der Waals surface area contributed by atoms with Gasteiger partial charge in [0.1, 0.15) is 4.75 Å². The third kappa shape index (κ3) is 3.66. The van der Waals surface area contributed by atoms with E-state index in [0.29, 0.717) is 0 Å². The van der Waals surface area contributed by atoms with Crippen molar-refractivity contribution in [2.24, 2.45) is 0 Å². The Bertz CT molecular complexity index is 427. The molecular weight excluding hydrogens is 253 g/mol. The summed E-state index contributed by atoms with van der Waals surface area (Å²) in [6, 6.07) is 4.64. The highest BCUT2D eigenvalue weighted by Crippen LogP contribution is 2.36. The van der Waals surface area contributed by atoms with Gasteiger partial charge in [0.15, 0.2) is 0 Å². The van der Waals surface area contributed by atoms with Gasteiger partial charge in [-0.25, -0.2) is 0 Å².